The zero-order chi connectivity index (χ0) is 12.5. The number of aliphatic hydroxyl groups excluding tert-OH is 1. The number of thiazole rings is 1. The van der Waals surface area contributed by atoms with Gasteiger partial charge >= 0.3 is 0 Å². The number of nitrogens with zero attached hydrogens (tertiary/aromatic N) is 1. The molecule has 2 rings (SSSR count). The van der Waals surface area contributed by atoms with Crippen molar-refractivity contribution >= 4 is 11.3 Å². The molecule has 2 atom stereocenters. The minimum absolute atomic E-state index is 0.0934. The summed E-state index contributed by atoms with van der Waals surface area (Å²) in [7, 11) is 0. The first-order valence-electron chi connectivity index (χ1n) is 6.17. The van der Waals surface area contributed by atoms with Crippen LogP contribution in [0.1, 0.15) is 37.9 Å². The third-order valence-corrected chi connectivity index (χ3v) is 4.08. The number of aliphatic hydroxyl groups is 1. The molecule has 1 saturated heterocycles. The second-order valence-corrected chi connectivity index (χ2v) is 6.71. The average molecular weight is 255 g/mol. The van der Waals surface area contributed by atoms with Gasteiger partial charge in [0.15, 0.2) is 0 Å². The van der Waals surface area contributed by atoms with Gasteiger partial charge in [-0.25, -0.2) is 4.98 Å². The van der Waals surface area contributed by atoms with Gasteiger partial charge < -0.3 is 9.84 Å². The van der Waals surface area contributed by atoms with Crippen LogP contribution in [0.3, 0.4) is 0 Å². The summed E-state index contributed by atoms with van der Waals surface area (Å²) in [5, 5.41) is 13.2. The number of aromatic nitrogens is 1. The summed E-state index contributed by atoms with van der Waals surface area (Å²) in [5.41, 5.74) is 1.21. The predicted molar refractivity (Wildman–Crippen MR) is 69.5 cm³/mol. The molecule has 0 saturated carbocycles. The van der Waals surface area contributed by atoms with Crippen molar-refractivity contribution < 1.29 is 9.84 Å². The van der Waals surface area contributed by atoms with E-state index < -0.39 is 0 Å². The lowest BCUT2D eigenvalue weighted by Gasteiger charge is -2.16. The standard InChI is InChI=1S/C13H21NO2S/c1-13(2,3)11-8-17-12(14-11)6-10(15)9-4-5-16-7-9/h8-10,15H,4-7H2,1-3H3. The fraction of sp³-hybridized carbons (Fsp3) is 0.769. The van der Waals surface area contributed by atoms with Crippen LogP contribution in [0.15, 0.2) is 5.38 Å². The van der Waals surface area contributed by atoms with E-state index in [1.807, 2.05) is 0 Å². The first-order valence-corrected chi connectivity index (χ1v) is 7.05. The molecule has 17 heavy (non-hydrogen) atoms. The van der Waals surface area contributed by atoms with Gasteiger partial charge in [-0.1, -0.05) is 20.8 Å². The van der Waals surface area contributed by atoms with Crippen molar-refractivity contribution in [1.29, 1.82) is 0 Å². The summed E-state index contributed by atoms with van der Waals surface area (Å²) in [4.78, 5) is 4.61. The third-order valence-electron chi connectivity index (χ3n) is 3.21. The van der Waals surface area contributed by atoms with Gasteiger partial charge in [0, 0.05) is 29.7 Å². The molecular weight excluding hydrogens is 234 g/mol. The second-order valence-electron chi connectivity index (χ2n) is 5.77. The average Bonchev–Trinajstić information content (AvgIpc) is 2.85. The zero-order valence-corrected chi connectivity index (χ0v) is 11.6. The van der Waals surface area contributed by atoms with E-state index in [9.17, 15) is 5.11 Å². The van der Waals surface area contributed by atoms with Gasteiger partial charge in [-0.2, -0.15) is 0 Å². The molecule has 1 aromatic rings. The van der Waals surface area contributed by atoms with Crippen LogP contribution < -0.4 is 0 Å². The van der Waals surface area contributed by atoms with Gasteiger partial charge in [-0.15, -0.1) is 11.3 Å². The van der Waals surface area contributed by atoms with E-state index in [0.29, 0.717) is 13.0 Å². The Labute approximate surface area is 107 Å². The molecule has 1 aromatic heterocycles. The molecule has 0 bridgehead atoms. The summed E-state index contributed by atoms with van der Waals surface area (Å²) < 4.78 is 5.30. The maximum atomic E-state index is 10.1. The van der Waals surface area contributed by atoms with Crippen LogP contribution in [0.2, 0.25) is 0 Å². The Kier molecular flexibility index (Phi) is 3.85. The molecule has 4 heteroatoms. The van der Waals surface area contributed by atoms with Crippen molar-refractivity contribution in [3.8, 4) is 0 Å². The summed E-state index contributed by atoms with van der Waals surface area (Å²) in [6.45, 7) is 7.96. The lowest BCUT2D eigenvalue weighted by Crippen LogP contribution is -2.23. The Morgan fingerprint density at radius 2 is 2.35 bits per heavy atom. The van der Waals surface area contributed by atoms with Gasteiger partial charge in [-0.05, 0) is 6.42 Å². The summed E-state index contributed by atoms with van der Waals surface area (Å²) in [6.07, 6.45) is 1.32. The van der Waals surface area contributed by atoms with E-state index in [4.69, 9.17) is 4.74 Å². The van der Waals surface area contributed by atoms with Gasteiger partial charge in [0.1, 0.15) is 0 Å². The molecule has 2 heterocycles. The van der Waals surface area contributed by atoms with Crippen LogP contribution in [0.25, 0.3) is 0 Å². The van der Waals surface area contributed by atoms with Crippen LogP contribution >= 0.6 is 11.3 Å². The van der Waals surface area contributed by atoms with Gasteiger partial charge in [0.25, 0.3) is 0 Å². The van der Waals surface area contributed by atoms with Crippen LogP contribution in [-0.2, 0) is 16.6 Å². The Balaban J connectivity index is 1.96. The molecule has 0 amide bonds. The highest BCUT2D eigenvalue weighted by molar-refractivity contribution is 7.09. The lowest BCUT2D eigenvalue weighted by atomic mass is 9.93. The van der Waals surface area contributed by atoms with Crippen molar-refractivity contribution in [2.45, 2.75) is 45.1 Å². The van der Waals surface area contributed by atoms with E-state index in [2.05, 4.69) is 31.1 Å². The van der Waals surface area contributed by atoms with Gasteiger partial charge in [0.2, 0.25) is 0 Å². The smallest absolute Gasteiger partial charge is 0.0954 e. The number of hydrogen-bond acceptors (Lipinski definition) is 4. The fourth-order valence-electron chi connectivity index (χ4n) is 1.95. The van der Waals surface area contributed by atoms with Crippen molar-refractivity contribution in [2.75, 3.05) is 13.2 Å². The molecule has 1 N–H and O–H groups in total. The van der Waals surface area contributed by atoms with Crippen LogP contribution in [0.5, 0.6) is 0 Å². The lowest BCUT2D eigenvalue weighted by molar-refractivity contribution is 0.0918. The fourth-order valence-corrected chi connectivity index (χ4v) is 3.02. The molecular formula is C13H21NO2S. The van der Waals surface area contributed by atoms with Crippen LogP contribution in [0, 0.1) is 5.92 Å². The number of hydrogen-bond donors (Lipinski definition) is 1. The highest BCUT2D eigenvalue weighted by Crippen LogP contribution is 2.26. The minimum Gasteiger partial charge on any atom is -0.392 e. The highest BCUT2D eigenvalue weighted by Gasteiger charge is 2.25. The van der Waals surface area contributed by atoms with E-state index >= 15 is 0 Å². The Morgan fingerprint density at radius 3 is 2.88 bits per heavy atom. The van der Waals surface area contributed by atoms with Crippen molar-refractivity contribution in [2.24, 2.45) is 5.92 Å². The molecule has 1 aliphatic heterocycles. The SMILES string of the molecule is CC(C)(C)c1csc(CC(O)C2CCOC2)n1. The summed E-state index contributed by atoms with van der Waals surface area (Å²) >= 11 is 1.65. The quantitative estimate of drug-likeness (QED) is 0.901. The van der Waals surface area contributed by atoms with Gasteiger partial charge in [-0.3, -0.25) is 0 Å². The molecule has 0 aliphatic carbocycles. The Bertz CT molecular complexity index is 364. The third kappa shape index (κ3) is 3.27. The first-order chi connectivity index (χ1) is 7.97. The Morgan fingerprint density at radius 1 is 1.59 bits per heavy atom. The molecule has 0 spiro atoms. The predicted octanol–water partition coefficient (Wildman–Crippen LogP) is 2.38. The Hall–Kier alpha value is -0.450. The van der Waals surface area contributed by atoms with Crippen molar-refractivity contribution in [3.05, 3.63) is 16.1 Å². The number of ether oxygens (including phenoxy) is 1. The van der Waals surface area contributed by atoms with E-state index in [-0.39, 0.29) is 17.4 Å². The first kappa shape index (κ1) is 13.0. The molecule has 0 aromatic carbocycles. The number of rotatable bonds is 3. The summed E-state index contributed by atoms with van der Waals surface area (Å²) in [5.74, 6) is 0.289. The van der Waals surface area contributed by atoms with E-state index in [1.54, 1.807) is 11.3 Å². The maximum Gasteiger partial charge on any atom is 0.0954 e. The molecule has 1 aliphatic rings. The zero-order valence-electron chi connectivity index (χ0n) is 10.8. The monoisotopic (exact) mass is 255 g/mol. The highest BCUT2D eigenvalue weighted by atomic mass is 32.1. The van der Waals surface area contributed by atoms with Crippen molar-refractivity contribution in [3.63, 3.8) is 0 Å². The molecule has 0 radical (unpaired) electrons. The van der Waals surface area contributed by atoms with E-state index in [0.717, 1.165) is 23.7 Å². The van der Waals surface area contributed by atoms with Crippen LogP contribution in [-0.4, -0.2) is 29.4 Å². The van der Waals surface area contributed by atoms with Crippen molar-refractivity contribution in [1.82, 2.24) is 4.98 Å². The minimum atomic E-state index is -0.309. The second kappa shape index (κ2) is 5.04. The van der Waals surface area contributed by atoms with Gasteiger partial charge in [0.05, 0.1) is 23.4 Å². The molecule has 3 nitrogen and oxygen atoms in total. The summed E-state index contributed by atoms with van der Waals surface area (Å²) in [6, 6.07) is 0. The largest absolute Gasteiger partial charge is 0.392 e. The molecule has 2 unspecified atom stereocenters. The normalized spacial score (nSPS) is 22.9. The van der Waals surface area contributed by atoms with Crippen LogP contribution in [0.4, 0.5) is 0 Å². The topological polar surface area (TPSA) is 42.4 Å². The maximum absolute atomic E-state index is 10.1. The molecule has 1 fully saturated rings. The van der Waals surface area contributed by atoms with E-state index in [1.165, 1.54) is 0 Å². The molecule has 96 valence electrons.